The molecular formula is C21H31N3O3. The Morgan fingerprint density at radius 3 is 2.74 bits per heavy atom. The number of nitrogens with one attached hydrogen (secondary N) is 1. The van der Waals surface area contributed by atoms with Crippen molar-refractivity contribution in [1.82, 2.24) is 14.8 Å². The van der Waals surface area contributed by atoms with Gasteiger partial charge >= 0.3 is 0 Å². The number of hydrogen-bond acceptors (Lipinski definition) is 4. The number of morpholine rings is 1. The van der Waals surface area contributed by atoms with Gasteiger partial charge < -0.3 is 19.4 Å². The monoisotopic (exact) mass is 373 g/mol. The molecule has 6 heteroatoms. The van der Waals surface area contributed by atoms with Gasteiger partial charge in [0.2, 0.25) is 0 Å². The van der Waals surface area contributed by atoms with Crippen LogP contribution in [0.2, 0.25) is 0 Å². The minimum atomic E-state index is 0.00508. The minimum absolute atomic E-state index is 0.00508. The number of carbonyl (C=O) groups excluding carboxylic acids is 1. The Morgan fingerprint density at radius 2 is 2.04 bits per heavy atom. The highest BCUT2D eigenvalue weighted by Crippen LogP contribution is 2.29. The summed E-state index contributed by atoms with van der Waals surface area (Å²) in [6.07, 6.45) is 0.950. The maximum absolute atomic E-state index is 12.9. The van der Waals surface area contributed by atoms with Crippen molar-refractivity contribution in [3.05, 3.63) is 29.5 Å². The summed E-state index contributed by atoms with van der Waals surface area (Å²) in [5.74, 6) is 0.851. The van der Waals surface area contributed by atoms with Crippen LogP contribution < -0.4 is 10.1 Å². The molecule has 0 aliphatic carbocycles. The molecule has 0 radical (unpaired) electrons. The summed E-state index contributed by atoms with van der Waals surface area (Å²) in [5, 5.41) is 4.19. The van der Waals surface area contributed by atoms with Gasteiger partial charge in [0.15, 0.2) is 0 Å². The van der Waals surface area contributed by atoms with Crippen molar-refractivity contribution in [2.24, 2.45) is 0 Å². The van der Waals surface area contributed by atoms with E-state index in [2.05, 4.69) is 21.7 Å². The molecule has 0 saturated carbocycles. The Labute approximate surface area is 161 Å². The third-order valence-corrected chi connectivity index (χ3v) is 5.17. The van der Waals surface area contributed by atoms with Gasteiger partial charge in [-0.25, -0.2) is 0 Å². The zero-order chi connectivity index (χ0) is 19.2. The van der Waals surface area contributed by atoms with Crippen LogP contribution in [0.15, 0.2) is 18.2 Å². The first kappa shape index (κ1) is 19.7. The molecule has 1 aliphatic heterocycles. The third kappa shape index (κ3) is 4.45. The molecule has 1 aromatic heterocycles. The molecule has 1 amide bonds. The molecule has 1 aliphatic rings. The summed E-state index contributed by atoms with van der Waals surface area (Å²) in [6.45, 7) is 12.7. The fourth-order valence-electron chi connectivity index (χ4n) is 3.79. The van der Waals surface area contributed by atoms with Gasteiger partial charge in [-0.05, 0) is 57.5 Å². The molecule has 3 rings (SSSR count). The maximum atomic E-state index is 12.9. The van der Waals surface area contributed by atoms with E-state index in [1.54, 1.807) is 0 Å². The van der Waals surface area contributed by atoms with Crippen molar-refractivity contribution in [2.45, 2.75) is 33.7 Å². The van der Waals surface area contributed by atoms with Gasteiger partial charge in [0, 0.05) is 37.1 Å². The van der Waals surface area contributed by atoms with Gasteiger partial charge in [-0.2, -0.15) is 0 Å². The molecule has 6 nitrogen and oxygen atoms in total. The number of ether oxygens (including phenoxy) is 2. The van der Waals surface area contributed by atoms with Gasteiger partial charge in [0.25, 0.3) is 5.91 Å². The highest BCUT2D eigenvalue weighted by atomic mass is 16.5. The van der Waals surface area contributed by atoms with Crippen molar-refractivity contribution in [2.75, 3.05) is 46.0 Å². The predicted molar refractivity (Wildman–Crippen MR) is 108 cm³/mol. The Bertz CT molecular complexity index is 779. The standard InChI is InChI=1S/C21H31N3O3/c1-4-24-19-8-7-17(27-5-2)15-18(19)16(3)20(24)21(25)22-9-6-10-23-11-13-26-14-12-23/h7-8,15H,4-6,9-14H2,1-3H3,(H,22,25). The zero-order valence-corrected chi connectivity index (χ0v) is 16.7. The first-order valence-corrected chi connectivity index (χ1v) is 9.99. The maximum Gasteiger partial charge on any atom is 0.268 e. The van der Waals surface area contributed by atoms with E-state index >= 15 is 0 Å². The molecule has 0 spiro atoms. The second-order valence-electron chi connectivity index (χ2n) is 6.89. The van der Waals surface area contributed by atoms with Crippen LogP contribution >= 0.6 is 0 Å². The number of aryl methyl sites for hydroxylation is 2. The molecule has 1 aromatic carbocycles. The lowest BCUT2D eigenvalue weighted by Gasteiger charge is -2.26. The number of amides is 1. The molecule has 2 heterocycles. The SMILES string of the molecule is CCOc1ccc2c(c1)c(C)c(C(=O)NCCCN1CCOCC1)n2CC. The Kier molecular flexibility index (Phi) is 6.74. The minimum Gasteiger partial charge on any atom is -0.494 e. The van der Waals surface area contributed by atoms with E-state index in [1.165, 1.54) is 0 Å². The summed E-state index contributed by atoms with van der Waals surface area (Å²) in [5.41, 5.74) is 2.85. The summed E-state index contributed by atoms with van der Waals surface area (Å²) in [7, 11) is 0. The van der Waals surface area contributed by atoms with Crippen LogP contribution in [0.5, 0.6) is 5.75 Å². The van der Waals surface area contributed by atoms with Gasteiger partial charge in [-0.15, -0.1) is 0 Å². The first-order valence-electron chi connectivity index (χ1n) is 9.99. The summed E-state index contributed by atoms with van der Waals surface area (Å²) in [4.78, 5) is 15.3. The van der Waals surface area contributed by atoms with Gasteiger partial charge in [-0.3, -0.25) is 9.69 Å². The van der Waals surface area contributed by atoms with E-state index in [4.69, 9.17) is 9.47 Å². The number of aromatic nitrogens is 1. The molecule has 0 bridgehead atoms. The second kappa shape index (κ2) is 9.24. The highest BCUT2D eigenvalue weighted by molar-refractivity contribution is 6.02. The molecule has 1 N–H and O–H groups in total. The van der Waals surface area contributed by atoms with Gasteiger partial charge in [0.05, 0.1) is 19.8 Å². The van der Waals surface area contributed by atoms with E-state index in [0.717, 1.165) is 73.7 Å². The van der Waals surface area contributed by atoms with Crippen LogP contribution in [-0.4, -0.2) is 61.4 Å². The third-order valence-electron chi connectivity index (χ3n) is 5.17. The average molecular weight is 373 g/mol. The van der Waals surface area contributed by atoms with Gasteiger partial charge in [0.1, 0.15) is 11.4 Å². The van der Waals surface area contributed by atoms with Crippen LogP contribution in [0.3, 0.4) is 0 Å². The average Bonchev–Trinajstić information content (AvgIpc) is 2.98. The first-order chi connectivity index (χ1) is 13.2. The number of carbonyl (C=O) groups is 1. The number of hydrogen-bond donors (Lipinski definition) is 1. The Hall–Kier alpha value is -2.05. The smallest absolute Gasteiger partial charge is 0.268 e. The summed E-state index contributed by atoms with van der Waals surface area (Å²) >= 11 is 0. The number of benzene rings is 1. The molecular weight excluding hydrogens is 342 g/mol. The van der Waals surface area contributed by atoms with Crippen molar-refractivity contribution >= 4 is 16.8 Å². The molecule has 2 aromatic rings. The van der Waals surface area contributed by atoms with Crippen LogP contribution in [0.1, 0.15) is 36.3 Å². The van der Waals surface area contributed by atoms with Crippen molar-refractivity contribution in [3.8, 4) is 5.75 Å². The fraction of sp³-hybridized carbons (Fsp3) is 0.571. The van der Waals surface area contributed by atoms with Crippen LogP contribution in [0.25, 0.3) is 10.9 Å². The summed E-state index contributed by atoms with van der Waals surface area (Å²) < 4.78 is 13.1. The molecule has 0 atom stereocenters. The van der Waals surface area contributed by atoms with E-state index < -0.39 is 0 Å². The number of rotatable bonds is 8. The number of fused-ring (bicyclic) bond motifs is 1. The molecule has 0 unspecified atom stereocenters. The lowest BCUT2D eigenvalue weighted by atomic mass is 10.1. The van der Waals surface area contributed by atoms with E-state index in [9.17, 15) is 4.79 Å². The molecule has 148 valence electrons. The normalized spacial score (nSPS) is 15.2. The molecule has 1 saturated heterocycles. The number of nitrogens with zero attached hydrogens (tertiary/aromatic N) is 2. The molecule has 27 heavy (non-hydrogen) atoms. The van der Waals surface area contributed by atoms with Crippen molar-refractivity contribution < 1.29 is 14.3 Å². The van der Waals surface area contributed by atoms with E-state index in [-0.39, 0.29) is 5.91 Å². The van der Waals surface area contributed by atoms with E-state index in [1.807, 2.05) is 32.0 Å². The lowest BCUT2D eigenvalue weighted by Crippen LogP contribution is -2.38. The molecule has 1 fully saturated rings. The highest BCUT2D eigenvalue weighted by Gasteiger charge is 2.20. The van der Waals surface area contributed by atoms with Crippen molar-refractivity contribution in [3.63, 3.8) is 0 Å². The lowest BCUT2D eigenvalue weighted by molar-refractivity contribution is 0.0374. The Morgan fingerprint density at radius 1 is 1.26 bits per heavy atom. The van der Waals surface area contributed by atoms with Gasteiger partial charge in [-0.1, -0.05) is 0 Å². The topological polar surface area (TPSA) is 55.7 Å². The quantitative estimate of drug-likeness (QED) is 0.723. The largest absolute Gasteiger partial charge is 0.494 e. The van der Waals surface area contributed by atoms with Crippen LogP contribution in [0.4, 0.5) is 0 Å². The van der Waals surface area contributed by atoms with Crippen LogP contribution in [0, 0.1) is 6.92 Å². The summed E-state index contributed by atoms with van der Waals surface area (Å²) in [6, 6.07) is 6.06. The van der Waals surface area contributed by atoms with Crippen molar-refractivity contribution in [1.29, 1.82) is 0 Å². The van der Waals surface area contributed by atoms with Crippen LogP contribution in [-0.2, 0) is 11.3 Å². The Balaban J connectivity index is 1.68. The second-order valence-corrected chi connectivity index (χ2v) is 6.89. The fourth-order valence-corrected chi connectivity index (χ4v) is 3.79. The zero-order valence-electron chi connectivity index (χ0n) is 16.7. The predicted octanol–water partition coefficient (Wildman–Crippen LogP) is 2.82. The van der Waals surface area contributed by atoms with E-state index in [0.29, 0.717) is 13.2 Å².